The van der Waals surface area contributed by atoms with Gasteiger partial charge >= 0.3 is 0 Å². The molecule has 0 unspecified atom stereocenters. The SMILES string of the molecule is Cc1cnc(N)c(S(=O)(=O)NCCCn2cccn2)c1. The Morgan fingerprint density at radius 1 is 1.45 bits per heavy atom. The van der Waals surface area contributed by atoms with Crippen molar-refractivity contribution in [3.63, 3.8) is 0 Å². The fourth-order valence-corrected chi connectivity index (χ4v) is 2.96. The number of rotatable bonds is 6. The molecular weight excluding hydrogens is 278 g/mol. The molecule has 20 heavy (non-hydrogen) atoms. The number of nitrogens with one attached hydrogen (secondary N) is 1. The van der Waals surface area contributed by atoms with Crippen molar-refractivity contribution in [1.29, 1.82) is 0 Å². The number of aromatic nitrogens is 3. The molecule has 0 aliphatic carbocycles. The molecule has 0 aliphatic rings. The first-order valence-corrected chi connectivity index (χ1v) is 7.66. The van der Waals surface area contributed by atoms with Gasteiger partial charge in [-0.1, -0.05) is 0 Å². The smallest absolute Gasteiger partial charge is 0.244 e. The fraction of sp³-hybridized carbons (Fsp3) is 0.333. The van der Waals surface area contributed by atoms with Crippen LogP contribution in [0.4, 0.5) is 5.82 Å². The van der Waals surface area contributed by atoms with Gasteiger partial charge in [0.1, 0.15) is 10.7 Å². The zero-order chi connectivity index (χ0) is 14.6. The summed E-state index contributed by atoms with van der Waals surface area (Å²) in [7, 11) is -3.62. The van der Waals surface area contributed by atoms with Crippen LogP contribution in [0.2, 0.25) is 0 Å². The van der Waals surface area contributed by atoms with E-state index in [2.05, 4.69) is 14.8 Å². The van der Waals surface area contributed by atoms with E-state index in [1.807, 2.05) is 12.3 Å². The van der Waals surface area contributed by atoms with E-state index in [1.165, 1.54) is 12.3 Å². The van der Waals surface area contributed by atoms with Crippen LogP contribution in [0.5, 0.6) is 0 Å². The van der Waals surface area contributed by atoms with Crippen LogP contribution >= 0.6 is 0 Å². The molecule has 0 atom stereocenters. The van der Waals surface area contributed by atoms with Crippen molar-refractivity contribution in [3.8, 4) is 0 Å². The molecule has 0 bridgehead atoms. The summed E-state index contributed by atoms with van der Waals surface area (Å²) in [6.45, 7) is 2.73. The van der Waals surface area contributed by atoms with Gasteiger partial charge < -0.3 is 5.73 Å². The van der Waals surface area contributed by atoms with E-state index in [-0.39, 0.29) is 10.7 Å². The number of nitrogen functional groups attached to an aromatic ring is 1. The van der Waals surface area contributed by atoms with Gasteiger partial charge in [0.2, 0.25) is 10.0 Å². The van der Waals surface area contributed by atoms with E-state index in [4.69, 9.17) is 5.73 Å². The zero-order valence-electron chi connectivity index (χ0n) is 11.2. The third kappa shape index (κ3) is 3.55. The van der Waals surface area contributed by atoms with Gasteiger partial charge in [0, 0.05) is 31.7 Å². The third-order valence-corrected chi connectivity index (χ3v) is 4.21. The summed E-state index contributed by atoms with van der Waals surface area (Å²) in [5, 5.41) is 4.04. The number of anilines is 1. The van der Waals surface area contributed by atoms with Gasteiger partial charge in [0.25, 0.3) is 0 Å². The lowest BCUT2D eigenvalue weighted by molar-refractivity contribution is 0.553. The van der Waals surface area contributed by atoms with E-state index >= 15 is 0 Å². The minimum Gasteiger partial charge on any atom is -0.383 e. The highest BCUT2D eigenvalue weighted by Gasteiger charge is 2.17. The third-order valence-electron chi connectivity index (χ3n) is 2.72. The van der Waals surface area contributed by atoms with Gasteiger partial charge in [-0.15, -0.1) is 0 Å². The maximum absolute atomic E-state index is 12.1. The first-order valence-electron chi connectivity index (χ1n) is 6.18. The Balaban J connectivity index is 1.95. The minimum absolute atomic E-state index is 0.00942. The number of sulfonamides is 1. The monoisotopic (exact) mass is 295 g/mol. The van der Waals surface area contributed by atoms with Crippen LogP contribution in [-0.2, 0) is 16.6 Å². The number of hydrogen-bond acceptors (Lipinski definition) is 5. The summed E-state index contributed by atoms with van der Waals surface area (Å²) in [6.07, 6.45) is 5.69. The Morgan fingerprint density at radius 2 is 2.25 bits per heavy atom. The van der Waals surface area contributed by atoms with E-state index in [0.29, 0.717) is 19.5 Å². The Bertz CT molecular complexity index is 667. The maximum atomic E-state index is 12.1. The molecule has 0 radical (unpaired) electrons. The Morgan fingerprint density at radius 3 is 2.95 bits per heavy atom. The van der Waals surface area contributed by atoms with Gasteiger partial charge in [0.15, 0.2) is 0 Å². The van der Waals surface area contributed by atoms with Crippen LogP contribution in [0.15, 0.2) is 35.6 Å². The Kier molecular flexibility index (Phi) is 4.35. The van der Waals surface area contributed by atoms with Gasteiger partial charge in [-0.05, 0) is 31.0 Å². The number of pyridine rings is 1. The molecule has 2 heterocycles. The predicted octanol–water partition coefficient (Wildman–Crippen LogP) is 0.537. The van der Waals surface area contributed by atoms with Crippen molar-refractivity contribution in [2.75, 3.05) is 12.3 Å². The topological polar surface area (TPSA) is 103 Å². The average molecular weight is 295 g/mol. The van der Waals surface area contributed by atoms with Crippen LogP contribution in [0.3, 0.4) is 0 Å². The Hall–Kier alpha value is -1.93. The van der Waals surface area contributed by atoms with Crippen molar-refractivity contribution >= 4 is 15.8 Å². The van der Waals surface area contributed by atoms with Crippen molar-refractivity contribution < 1.29 is 8.42 Å². The summed E-state index contributed by atoms with van der Waals surface area (Å²) >= 11 is 0. The highest BCUT2D eigenvalue weighted by molar-refractivity contribution is 7.89. The molecule has 3 N–H and O–H groups in total. The molecule has 7 nitrogen and oxygen atoms in total. The molecule has 0 aromatic carbocycles. The minimum atomic E-state index is -3.62. The molecular formula is C12H17N5O2S. The van der Waals surface area contributed by atoms with Crippen LogP contribution in [-0.4, -0.2) is 29.7 Å². The molecule has 0 amide bonds. The summed E-state index contributed by atoms with van der Waals surface area (Å²) in [6, 6.07) is 3.33. The predicted molar refractivity (Wildman–Crippen MR) is 75.4 cm³/mol. The second-order valence-electron chi connectivity index (χ2n) is 4.42. The highest BCUT2D eigenvalue weighted by atomic mass is 32.2. The van der Waals surface area contributed by atoms with Gasteiger partial charge in [-0.2, -0.15) is 5.10 Å². The van der Waals surface area contributed by atoms with Crippen molar-refractivity contribution in [2.45, 2.75) is 24.8 Å². The molecule has 0 spiro atoms. The lowest BCUT2D eigenvalue weighted by atomic mass is 10.3. The molecule has 2 aromatic heterocycles. The van der Waals surface area contributed by atoms with Gasteiger partial charge in [0.05, 0.1) is 0 Å². The molecule has 0 saturated heterocycles. The normalized spacial score (nSPS) is 11.7. The average Bonchev–Trinajstić information content (AvgIpc) is 2.90. The van der Waals surface area contributed by atoms with Crippen LogP contribution < -0.4 is 10.5 Å². The zero-order valence-corrected chi connectivity index (χ0v) is 12.0. The number of nitrogens with two attached hydrogens (primary N) is 1. The molecule has 2 rings (SSSR count). The molecule has 108 valence electrons. The van der Waals surface area contributed by atoms with Gasteiger partial charge in [-0.25, -0.2) is 18.1 Å². The van der Waals surface area contributed by atoms with E-state index in [0.717, 1.165) is 5.56 Å². The summed E-state index contributed by atoms with van der Waals surface area (Å²) in [4.78, 5) is 3.88. The standard InChI is InChI=1S/C12H17N5O2S/c1-10-8-11(12(13)14-9-10)20(18,19)16-5-3-7-17-6-2-4-15-17/h2,4,6,8-9,16H,3,5,7H2,1H3,(H2,13,14). The summed E-state index contributed by atoms with van der Waals surface area (Å²) < 4.78 is 28.5. The number of hydrogen-bond donors (Lipinski definition) is 2. The fourth-order valence-electron chi connectivity index (χ4n) is 1.73. The Labute approximate surface area is 117 Å². The van der Waals surface area contributed by atoms with Crippen molar-refractivity contribution in [1.82, 2.24) is 19.5 Å². The largest absolute Gasteiger partial charge is 0.383 e. The molecule has 8 heteroatoms. The molecule has 0 fully saturated rings. The number of aryl methyl sites for hydroxylation is 2. The van der Waals surface area contributed by atoms with Crippen LogP contribution in [0.25, 0.3) is 0 Å². The number of nitrogens with zero attached hydrogens (tertiary/aromatic N) is 3. The van der Waals surface area contributed by atoms with Crippen LogP contribution in [0, 0.1) is 6.92 Å². The van der Waals surface area contributed by atoms with Gasteiger partial charge in [-0.3, -0.25) is 4.68 Å². The lowest BCUT2D eigenvalue weighted by Crippen LogP contribution is -2.26. The van der Waals surface area contributed by atoms with Crippen molar-refractivity contribution in [3.05, 3.63) is 36.3 Å². The van der Waals surface area contributed by atoms with Crippen molar-refractivity contribution in [2.24, 2.45) is 0 Å². The summed E-state index contributed by atoms with van der Waals surface area (Å²) in [5.74, 6) is 0.00942. The lowest BCUT2D eigenvalue weighted by Gasteiger charge is -2.09. The molecule has 0 saturated carbocycles. The van der Waals surface area contributed by atoms with Crippen LogP contribution in [0.1, 0.15) is 12.0 Å². The summed E-state index contributed by atoms with van der Waals surface area (Å²) in [5.41, 5.74) is 6.36. The van der Waals surface area contributed by atoms with E-state index in [9.17, 15) is 8.42 Å². The first kappa shape index (κ1) is 14.5. The maximum Gasteiger partial charge on any atom is 0.244 e. The molecule has 2 aromatic rings. The molecule has 0 aliphatic heterocycles. The first-order chi connectivity index (χ1) is 9.49. The van der Waals surface area contributed by atoms with E-state index in [1.54, 1.807) is 17.8 Å². The second-order valence-corrected chi connectivity index (χ2v) is 6.15. The quantitative estimate of drug-likeness (QED) is 0.757. The second kappa shape index (κ2) is 6.02. The highest BCUT2D eigenvalue weighted by Crippen LogP contribution is 2.16. The van der Waals surface area contributed by atoms with E-state index < -0.39 is 10.0 Å².